The van der Waals surface area contributed by atoms with Crippen molar-refractivity contribution < 1.29 is 27.4 Å². The van der Waals surface area contributed by atoms with Gasteiger partial charge in [-0.15, -0.1) is 0 Å². The van der Waals surface area contributed by atoms with E-state index in [1.54, 1.807) is 19.1 Å². The molecule has 152 valence electrons. The maximum atomic E-state index is 12.6. The topological polar surface area (TPSA) is 94.2 Å². The fourth-order valence-corrected chi connectivity index (χ4v) is 4.40. The van der Waals surface area contributed by atoms with E-state index >= 15 is 0 Å². The maximum absolute atomic E-state index is 12.6. The number of sulfonamides is 1. The van der Waals surface area contributed by atoms with Crippen molar-refractivity contribution in [2.75, 3.05) is 40.2 Å². The van der Waals surface area contributed by atoms with Crippen molar-refractivity contribution in [3.05, 3.63) is 17.7 Å². The smallest absolute Gasteiger partial charge is 0.224 e. The van der Waals surface area contributed by atoms with Gasteiger partial charge in [0.1, 0.15) is 0 Å². The third-order valence-corrected chi connectivity index (χ3v) is 6.60. The normalized spacial score (nSPS) is 18.0. The minimum Gasteiger partial charge on any atom is -0.493 e. The van der Waals surface area contributed by atoms with Crippen molar-refractivity contribution in [3.8, 4) is 17.2 Å². The van der Waals surface area contributed by atoms with Crippen molar-refractivity contribution in [3.63, 3.8) is 0 Å². The van der Waals surface area contributed by atoms with Crippen LogP contribution in [-0.2, 0) is 21.4 Å². The second-order valence-corrected chi connectivity index (χ2v) is 8.57. The van der Waals surface area contributed by atoms with Crippen LogP contribution < -0.4 is 19.5 Å². The fourth-order valence-electron chi connectivity index (χ4n) is 3.22. The van der Waals surface area contributed by atoms with Crippen LogP contribution in [0.1, 0.15) is 25.3 Å². The Morgan fingerprint density at radius 3 is 2.48 bits per heavy atom. The van der Waals surface area contributed by atoms with Gasteiger partial charge in [0.15, 0.2) is 11.5 Å². The quantitative estimate of drug-likeness (QED) is 0.709. The van der Waals surface area contributed by atoms with Crippen molar-refractivity contribution in [1.29, 1.82) is 0 Å². The zero-order chi connectivity index (χ0) is 20.0. The lowest BCUT2D eigenvalue weighted by Gasteiger charge is -2.31. The first-order chi connectivity index (χ1) is 12.9. The van der Waals surface area contributed by atoms with Crippen LogP contribution in [0.4, 0.5) is 0 Å². The third kappa shape index (κ3) is 4.84. The first kappa shape index (κ1) is 21.3. The lowest BCUT2D eigenvalue weighted by molar-refractivity contribution is -0.126. The Labute approximate surface area is 160 Å². The third-order valence-electron chi connectivity index (χ3n) is 4.75. The van der Waals surface area contributed by atoms with E-state index in [9.17, 15) is 13.2 Å². The summed E-state index contributed by atoms with van der Waals surface area (Å²) in [5, 5.41) is 2.89. The van der Waals surface area contributed by atoms with Crippen LogP contribution >= 0.6 is 0 Å². The summed E-state index contributed by atoms with van der Waals surface area (Å²) >= 11 is 0. The number of benzene rings is 1. The minimum atomic E-state index is -3.28. The second kappa shape index (κ2) is 9.27. The number of piperidine rings is 1. The molecule has 9 heteroatoms. The van der Waals surface area contributed by atoms with Crippen LogP contribution in [0, 0.1) is 5.92 Å². The molecule has 0 radical (unpaired) electrons. The van der Waals surface area contributed by atoms with Gasteiger partial charge in [-0.1, -0.05) is 0 Å². The van der Waals surface area contributed by atoms with Crippen LogP contribution in [-0.4, -0.2) is 58.8 Å². The van der Waals surface area contributed by atoms with Gasteiger partial charge in [0, 0.05) is 25.2 Å². The molecule has 8 nitrogen and oxygen atoms in total. The lowest BCUT2D eigenvalue weighted by atomic mass is 9.98. The van der Waals surface area contributed by atoms with Gasteiger partial charge < -0.3 is 19.5 Å². The van der Waals surface area contributed by atoms with Crippen molar-refractivity contribution in [2.45, 2.75) is 26.3 Å². The number of rotatable bonds is 8. The van der Waals surface area contributed by atoms with Crippen LogP contribution in [0.5, 0.6) is 17.2 Å². The molecule has 1 aliphatic rings. The second-order valence-electron chi connectivity index (χ2n) is 6.31. The Morgan fingerprint density at radius 1 is 1.19 bits per heavy atom. The number of carbonyl (C=O) groups is 1. The Bertz CT molecular complexity index is 765. The highest BCUT2D eigenvalue weighted by Crippen LogP contribution is 2.39. The molecule has 1 saturated heterocycles. The number of carbonyl (C=O) groups excluding carboxylic acids is 1. The molecule has 0 aromatic heterocycles. The number of hydrogen-bond acceptors (Lipinski definition) is 6. The van der Waals surface area contributed by atoms with E-state index in [-0.39, 0.29) is 30.7 Å². The summed E-state index contributed by atoms with van der Waals surface area (Å²) in [5.41, 5.74) is 0.748. The van der Waals surface area contributed by atoms with Gasteiger partial charge in [0.25, 0.3) is 0 Å². The summed E-state index contributed by atoms with van der Waals surface area (Å²) in [5.74, 6) is 1.02. The molecular formula is C18H28N2O6S. The molecule has 1 heterocycles. The predicted octanol–water partition coefficient (Wildman–Crippen LogP) is 1.39. The van der Waals surface area contributed by atoms with Gasteiger partial charge in [0.2, 0.25) is 21.7 Å². The average molecular weight is 400 g/mol. The summed E-state index contributed by atoms with van der Waals surface area (Å²) in [6.07, 6.45) is 1.35. The molecule has 0 saturated carbocycles. The number of hydrogen-bond donors (Lipinski definition) is 1. The molecule has 1 amide bonds. The van der Waals surface area contributed by atoms with E-state index in [0.717, 1.165) is 5.56 Å². The first-order valence-electron chi connectivity index (χ1n) is 8.91. The highest BCUT2D eigenvalue weighted by Gasteiger charge is 2.31. The van der Waals surface area contributed by atoms with Crippen LogP contribution in [0.2, 0.25) is 0 Å². The number of nitrogens with one attached hydrogen (secondary N) is 1. The highest BCUT2D eigenvalue weighted by atomic mass is 32.2. The SMILES string of the molecule is CCS(=O)(=O)N1CCC[C@H](C(=O)NCc2ccc(OC)c(OC)c2OC)C1. The number of nitrogens with zero attached hydrogens (tertiary/aromatic N) is 1. The standard InChI is InChI=1S/C18H28N2O6S/c1-5-27(22,23)20-10-6-7-14(12-20)18(21)19-11-13-8-9-15(24-2)17(26-4)16(13)25-3/h8-9,14H,5-7,10-12H2,1-4H3,(H,19,21)/t14-/m0/s1. The lowest BCUT2D eigenvalue weighted by Crippen LogP contribution is -2.45. The molecular weight excluding hydrogens is 372 g/mol. The highest BCUT2D eigenvalue weighted by molar-refractivity contribution is 7.89. The van der Waals surface area contributed by atoms with Gasteiger partial charge in [-0.3, -0.25) is 4.79 Å². The summed E-state index contributed by atoms with van der Waals surface area (Å²) < 4.78 is 41.6. The van der Waals surface area contributed by atoms with Gasteiger partial charge in [-0.25, -0.2) is 12.7 Å². The number of amides is 1. The molecule has 1 aliphatic heterocycles. The molecule has 0 spiro atoms. The van der Waals surface area contributed by atoms with Gasteiger partial charge in [0.05, 0.1) is 33.0 Å². The van der Waals surface area contributed by atoms with E-state index < -0.39 is 10.0 Å². The van der Waals surface area contributed by atoms with E-state index in [0.29, 0.717) is 36.6 Å². The van der Waals surface area contributed by atoms with E-state index in [1.807, 2.05) is 0 Å². The summed E-state index contributed by atoms with van der Waals surface area (Å²) in [6, 6.07) is 3.55. The molecule has 27 heavy (non-hydrogen) atoms. The van der Waals surface area contributed by atoms with Crippen LogP contribution in [0.25, 0.3) is 0 Å². The molecule has 2 rings (SSSR count). The molecule has 0 unspecified atom stereocenters. The predicted molar refractivity (Wildman–Crippen MR) is 102 cm³/mol. The molecule has 1 aromatic rings. The summed E-state index contributed by atoms with van der Waals surface area (Å²) in [4.78, 5) is 12.6. The van der Waals surface area contributed by atoms with E-state index in [1.165, 1.54) is 25.6 Å². The molecule has 1 atom stereocenters. The molecule has 1 N–H and O–H groups in total. The summed E-state index contributed by atoms with van der Waals surface area (Å²) in [7, 11) is 1.31. The van der Waals surface area contributed by atoms with Crippen molar-refractivity contribution >= 4 is 15.9 Å². The molecule has 1 fully saturated rings. The Balaban J connectivity index is 2.07. The average Bonchev–Trinajstić information content (AvgIpc) is 2.70. The largest absolute Gasteiger partial charge is 0.493 e. The van der Waals surface area contributed by atoms with Crippen molar-refractivity contribution in [2.24, 2.45) is 5.92 Å². The minimum absolute atomic E-state index is 0.0458. The first-order valence-corrected chi connectivity index (χ1v) is 10.5. The van der Waals surface area contributed by atoms with Crippen LogP contribution in [0.3, 0.4) is 0 Å². The maximum Gasteiger partial charge on any atom is 0.224 e. The van der Waals surface area contributed by atoms with Crippen molar-refractivity contribution in [1.82, 2.24) is 9.62 Å². The zero-order valence-corrected chi connectivity index (χ0v) is 17.1. The molecule has 0 aliphatic carbocycles. The monoisotopic (exact) mass is 400 g/mol. The summed E-state index contributed by atoms with van der Waals surface area (Å²) in [6.45, 7) is 2.57. The van der Waals surface area contributed by atoms with E-state index in [2.05, 4.69) is 5.32 Å². The van der Waals surface area contributed by atoms with Gasteiger partial charge >= 0.3 is 0 Å². The Kier molecular flexibility index (Phi) is 7.32. The molecule has 1 aromatic carbocycles. The molecule has 0 bridgehead atoms. The Hall–Kier alpha value is -2.00. The van der Waals surface area contributed by atoms with Gasteiger partial charge in [-0.05, 0) is 31.9 Å². The van der Waals surface area contributed by atoms with Gasteiger partial charge in [-0.2, -0.15) is 0 Å². The Morgan fingerprint density at radius 2 is 1.89 bits per heavy atom. The van der Waals surface area contributed by atoms with E-state index in [4.69, 9.17) is 14.2 Å². The van der Waals surface area contributed by atoms with Crippen LogP contribution in [0.15, 0.2) is 12.1 Å². The fraction of sp³-hybridized carbons (Fsp3) is 0.611. The zero-order valence-electron chi connectivity index (χ0n) is 16.3. The number of methoxy groups -OCH3 is 3. The number of ether oxygens (including phenoxy) is 3.